The van der Waals surface area contributed by atoms with Gasteiger partial charge in [0, 0.05) is 0 Å². The molecule has 182 valence electrons. The highest BCUT2D eigenvalue weighted by molar-refractivity contribution is 5.83. The van der Waals surface area contributed by atoms with E-state index < -0.39 is 23.1 Å². The van der Waals surface area contributed by atoms with E-state index in [0.29, 0.717) is 0 Å². The van der Waals surface area contributed by atoms with Crippen LogP contribution in [-0.4, -0.2) is 37.8 Å². The summed E-state index contributed by atoms with van der Waals surface area (Å²) in [7, 11) is 0. The molecule has 9 heteroatoms. The van der Waals surface area contributed by atoms with Crippen molar-refractivity contribution in [3.8, 4) is 17.2 Å². The van der Waals surface area contributed by atoms with Crippen LogP contribution >= 0.6 is 0 Å². The van der Waals surface area contributed by atoms with Crippen molar-refractivity contribution in [2.24, 2.45) is 0 Å². The van der Waals surface area contributed by atoms with Crippen LogP contribution in [0.15, 0.2) is 39.5 Å². The molecule has 1 aliphatic heterocycles. The SMILES string of the molecule is CC[NH+]1CC[NH+](Cc2c(O)ccc3c(=O)c(Oc4cc(C)cc(C)c4)c(C(F)(F)F)oc23)CC1. The Hall–Kier alpha value is -3.04. The molecule has 34 heavy (non-hydrogen) atoms. The fourth-order valence-corrected chi connectivity index (χ4v) is 4.58. The molecule has 0 atom stereocenters. The third-order valence-corrected chi connectivity index (χ3v) is 6.36. The lowest BCUT2D eigenvalue weighted by molar-refractivity contribution is -1.02. The Kier molecular flexibility index (Phi) is 6.60. The molecule has 0 spiro atoms. The number of aromatic hydroxyl groups is 1. The molecule has 4 rings (SSSR count). The Labute approximate surface area is 195 Å². The summed E-state index contributed by atoms with van der Waals surface area (Å²) in [5, 5.41) is 10.4. The van der Waals surface area contributed by atoms with Gasteiger partial charge in [0.15, 0.2) is 5.58 Å². The van der Waals surface area contributed by atoms with Gasteiger partial charge in [0.1, 0.15) is 44.2 Å². The standard InChI is InChI=1S/C25H27F3N2O4/c1-4-29-7-9-30(10-8-29)14-19-20(31)6-5-18-21(32)23(24(25(26,27)28)34-22(18)19)33-17-12-15(2)11-16(3)13-17/h5-6,11-13,31H,4,7-10,14H2,1-3H3/p+2. The first kappa shape index (κ1) is 24.1. The molecule has 1 fully saturated rings. The first-order chi connectivity index (χ1) is 16.1. The van der Waals surface area contributed by atoms with Crippen molar-refractivity contribution < 1.29 is 37.2 Å². The predicted molar refractivity (Wildman–Crippen MR) is 121 cm³/mol. The molecular formula is C25H29F3N2O4+2. The molecule has 1 saturated heterocycles. The Balaban J connectivity index is 1.81. The lowest BCUT2D eigenvalue weighted by atomic mass is 10.1. The molecule has 0 radical (unpaired) electrons. The molecule has 0 saturated carbocycles. The third kappa shape index (κ3) is 4.90. The number of fused-ring (bicyclic) bond motifs is 1. The number of benzene rings is 2. The normalized spacial score (nSPS) is 18.9. The van der Waals surface area contributed by atoms with Crippen molar-refractivity contribution in [1.29, 1.82) is 0 Å². The average molecular weight is 479 g/mol. The predicted octanol–water partition coefficient (Wildman–Crippen LogP) is 2.23. The topological polar surface area (TPSA) is 68.5 Å². The first-order valence-corrected chi connectivity index (χ1v) is 11.4. The first-order valence-electron chi connectivity index (χ1n) is 11.4. The Morgan fingerprint density at radius 2 is 1.65 bits per heavy atom. The van der Waals surface area contributed by atoms with Gasteiger partial charge in [-0.2, -0.15) is 13.2 Å². The summed E-state index contributed by atoms with van der Waals surface area (Å²) in [5.41, 5.74) is 0.600. The molecule has 6 nitrogen and oxygen atoms in total. The fraction of sp³-hybridized carbons (Fsp3) is 0.400. The average Bonchev–Trinajstić information content (AvgIpc) is 2.76. The van der Waals surface area contributed by atoms with E-state index >= 15 is 0 Å². The summed E-state index contributed by atoms with van der Waals surface area (Å²) >= 11 is 0. The van der Waals surface area contributed by atoms with Crippen molar-refractivity contribution in [2.75, 3.05) is 32.7 Å². The van der Waals surface area contributed by atoms with Crippen LogP contribution in [0, 0.1) is 13.8 Å². The summed E-state index contributed by atoms with van der Waals surface area (Å²) in [5.74, 6) is -2.49. The van der Waals surface area contributed by atoms with Crippen LogP contribution in [0.3, 0.4) is 0 Å². The van der Waals surface area contributed by atoms with Gasteiger partial charge in [-0.05, 0) is 56.2 Å². The highest BCUT2D eigenvalue weighted by atomic mass is 19.4. The lowest BCUT2D eigenvalue weighted by Gasteiger charge is -2.29. The zero-order chi connectivity index (χ0) is 24.6. The second kappa shape index (κ2) is 9.31. The number of halogens is 3. The van der Waals surface area contributed by atoms with Crippen molar-refractivity contribution in [2.45, 2.75) is 33.5 Å². The summed E-state index contributed by atoms with van der Waals surface area (Å²) in [4.78, 5) is 15.8. The second-order valence-electron chi connectivity index (χ2n) is 8.98. The maximum absolute atomic E-state index is 14.0. The number of rotatable bonds is 5. The van der Waals surface area contributed by atoms with Crippen LogP contribution in [0.1, 0.15) is 29.4 Å². The number of nitrogens with one attached hydrogen (secondary N) is 2. The number of hydrogen-bond donors (Lipinski definition) is 3. The van der Waals surface area contributed by atoms with Gasteiger partial charge in [0.05, 0.1) is 17.5 Å². The van der Waals surface area contributed by atoms with E-state index in [4.69, 9.17) is 9.15 Å². The number of phenolic OH excluding ortho intramolecular Hbond substituents is 1. The largest absolute Gasteiger partial charge is 0.507 e. The molecule has 1 aliphatic rings. The van der Waals surface area contributed by atoms with Gasteiger partial charge in [-0.1, -0.05) is 6.07 Å². The molecule has 0 aliphatic carbocycles. The van der Waals surface area contributed by atoms with Gasteiger partial charge in [-0.15, -0.1) is 0 Å². The van der Waals surface area contributed by atoms with E-state index in [1.54, 1.807) is 26.0 Å². The number of aryl methyl sites for hydroxylation is 2. The van der Waals surface area contributed by atoms with Crippen LogP contribution in [0.5, 0.6) is 17.2 Å². The van der Waals surface area contributed by atoms with Gasteiger partial charge < -0.3 is 24.1 Å². The molecule has 3 N–H and O–H groups in total. The number of quaternary nitrogens is 2. The number of piperazine rings is 1. The van der Waals surface area contributed by atoms with Crippen LogP contribution in [0.4, 0.5) is 13.2 Å². The zero-order valence-corrected chi connectivity index (χ0v) is 19.4. The van der Waals surface area contributed by atoms with Gasteiger partial charge in [-0.3, -0.25) is 4.79 Å². The highest BCUT2D eigenvalue weighted by Crippen LogP contribution is 2.40. The third-order valence-electron chi connectivity index (χ3n) is 6.36. The van der Waals surface area contributed by atoms with Gasteiger partial charge in [0.25, 0.3) is 5.76 Å². The molecule has 0 amide bonds. The van der Waals surface area contributed by atoms with Crippen LogP contribution in [-0.2, 0) is 12.7 Å². The van der Waals surface area contributed by atoms with Crippen LogP contribution in [0.25, 0.3) is 11.0 Å². The van der Waals surface area contributed by atoms with E-state index in [9.17, 15) is 23.1 Å². The number of ether oxygens (including phenoxy) is 1. The molecule has 2 aromatic carbocycles. The van der Waals surface area contributed by atoms with Crippen molar-refractivity contribution in [1.82, 2.24) is 0 Å². The van der Waals surface area contributed by atoms with Crippen molar-refractivity contribution >= 4 is 11.0 Å². The van der Waals surface area contributed by atoms with Gasteiger partial charge >= 0.3 is 6.18 Å². The van der Waals surface area contributed by atoms with E-state index in [2.05, 4.69) is 6.92 Å². The maximum Gasteiger partial charge on any atom is 0.453 e. The van der Waals surface area contributed by atoms with Crippen LogP contribution in [0.2, 0.25) is 0 Å². The second-order valence-corrected chi connectivity index (χ2v) is 8.98. The summed E-state index contributed by atoms with van der Waals surface area (Å²) in [6.45, 7) is 10.4. The Morgan fingerprint density at radius 3 is 2.24 bits per heavy atom. The molecule has 1 aromatic heterocycles. The maximum atomic E-state index is 14.0. The molecule has 3 aromatic rings. The van der Waals surface area contributed by atoms with E-state index in [1.807, 2.05) is 6.07 Å². The monoisotopic (exact) mass is 478 g/mol. The molecule has 2 heterocycles. The van der Waals surface area contributed by atoms with E-state index in [1.165, 1.54) is 17.0 Å². The minimum atomic E-state index is -4.97. The van der Waals surface area contributed by atoms with Crippen molar-refractivity contribution in [3.63, 3.8) is 0 Å². The van der Waals surface area contributed by atoms with Crippen molar-refractivity contribution in [3.05, 3.63) is 63.0 Å². The minimum Gasteiger partial charge on any atom is -0.507 e. The fourth-order valence-electron chi connectivity index (χ4n) is 4.58. The molecule has 0 unspecified atom stereocenters. The lowest BCUT2D eigenvalue weighted by Crippen LogP contribution is -3.27. The van der Waals surface area contributed by atoms with E-state index in [0.717, 1.165) is 48.8 Å². The summed E-state index contributed by atoms with van der Waals surface area (Å²) in [6, 6.07) is 7.57. The van der Waals surface area contributed by atoms with Gasteiger partial charge in [-0.25, -0.2) is 0 Å². The number of phenols is 1. The summed E-state index contributed by atoms with van der Waals surface area (Å²) in [6.07, 6.45) is -4.97. The minimum absolute atomic E-state index is 0.0580. The van der Waals surface area contributed by atoms with Gasteiger partial charge in [0.2, 0.25) is 11.2 Å². The smallest absolute Gasteiger partial charge is 0.453 e. The number of hydrogen-bond acceptors (Lipinski definition) is 4. The zero-order valence-electron chi connectivity index (χ0n) is 19.4. The summed E-state index contributed by atoms with van der Waals surface area (Å²) < 4.78 is 52.8. The molecule has 0 bridgehead atoms. The van der Waals surface area contributed by atoms with Crippen LogP contribution < -0.4 is 20.0 Å². The quantitative estimate of drug-likeness (QED) is 0.526. The Morgan fingerprint density at radius 1 is 1.03 bits per heavy atom. The van der Waals surface area contributed by atoms with E-state index in [-0.39, 0.29) is 34.6 Å². The number of alkyl halides is 3. The highest BCUT2D eigenvalue weighted by Gasteiger charge is 2.41. The molecular weight excluding hydrogens is 449 g/mol. The number of likely N-dealkylation sites (N-methyl/N-ethyl adjacent to an activating group) is 1. The Bertz CT molecular complexity index is 1240.